The number of fused-ring (bicyclic) bond motifs is 1. The van der Waals surface area contributed by atoms with Crippen LogP contribution in [0.3, 0.4) is 0 Å². The van der Waals surface area contributed by atoms with Crippen molar-refractivity contribution in [3.8, 4) is 5.75 Å². The quantitative estimate of drug-likeness (QED) is 0.569. The van der Waals surface area contributed by atoms with Gasteiger partial charge in [0.05, 0.1) is 20.1 Å². The third-order valence-corrected chi connectivity index (χ3v) is 6.56. The molecule has 176 valence electrons. The van der Waals surface area contributed by atoms with Gasteiger partial charge in [0, 0.05) is 24.2 Å². The molecule has 0 bridgehead atoms. The van der Waals surface area contributed by atoms with Crippen LogP contribution in [0.25, 0.3) is 0 Å². The van der Waals surface area contributed by atoms with E-state index in [1.165, 1.54) is 12.0 Å². The number of amides is 5. The highest BCUT2D eigenvalue weighted by atomic mass is 16.5. The second-order valence-electron chi connectivity index (χ2n) is 9.15. The van der Waals surface area contributed by atoms with Crippen molar-refractivity contribution in [1.29, 1.82) is 0 Å². The van der Waals surface area contributed by atoms with Crippen LogP contribution in [0.4, 0.5) is 4.79 Å². The van der Waals surface area contributed by atoms with E-state index in [0.717, 1.165) is 23.3 Å². The molecule has 10 nitrogen and oxygen atoms in total. The third-order valence-electron chi connectivity index (χ3n) is 6.56. The molecular formula is C24H25N5O5. The highest BCUT2D eigenvalue weighted by molar-refractivity contribution is 6.11. The molecule has 0 radical (unpaired) electrons. The van der Waals surface area contributed by atoms with Gasteiger partial charge >= 0.3 is 6.03 Å². The number of carbonyl (C=O) groups is 4. The Labute approximate surface area is 196 Å². The van der Waals surface area contributed by atoms with Gasteiger partial charge < -0.3 is 20.3 Å². The molecule has 3 aliphatic heterocycles. The molecule has 1 aromatic carbocycles. The average molecular weight is 463 g/mol. The van der Waals surface area contributed by atoms with Crippen LogP contribution in [0, 0.1) is 5.92 Å². The lowest BCUT2D eigenvalue weighted by atomic mass is 9.93. The highest BCUT2D eigenvalue weighted by Crippen LogP contribution is 2.32. The van der Waals surface area contributed by atoms with E-state index in [1.54, 1.807) is 18.2 Å². The fourth-order valence-electron chi connectivity index (χ4n) is 4.83. The second kappa shape index (κ2) is 8.12. The number of hydrogen-bond acceptors (Lipinski definition) is 6. The monoisotopic (exact) mass is 463 g/mol. The van der Waals surface area contributed by atoms with E-state index in [2.05, 4.69) is 33.9 Å². The standard InChI is InChI=1S/C24H25N5O5/c1-13-3-4-14-8-19(25-18(14)7-13)26-20(30)10-24(22(32)27-23(33)28-24)12-29-11-15-5-6-16(34-2)9-17(15)21(29)31/h3-6,9,13H,7-8,10-12H2,1-2H3,(H,25,26,30)(H2,27,28,32,33). The Bertz CT molecular complexity index is 1220. The zero-order chi connectivity index (χ0) is 24.0. The van der Waals surface area contributed by atoms with Gasteiger partial charge in [0.1, 0.15) is 17.1 Å². The molecule has 5 amide bonds. The van der Waals surface area contributed by atoms with Crippen molar-refractivity contribution in [3.63, 3.8) is 0 Å². The maximum Gasteiger partial charge on any atom is 0.322 e. The second-order valence-corrected chi connectivity index (χ2v) is 9.15. The van der Waals surface area contributed by atoms with Gasteiger partial charge in [-0.1, -0.05) is 25.1 Å². The van der Waals surface area contributed by atoms with Crippen molar-refractivity contribution in [2.24, 2.45) is 10.9 Å². The molecule has 10 heteroatoms. The number of hydrogen-bond donors (Lipinski definition) is 3. The lowest BCUT2D eigenvalue weighted by molar-refractivity contribution is -0.130. The van der Waals surface area contributed by atoms with Crippen molar-refractivity contribution >= 4 is 29.6 Å². The summed E-state index contributed by atoms with van der Waals surface area (Å²) in [4.78, 5) is 56.8. The van der Waals surface area contributed by atoms with Gasteiger partial charge in [-0.05, 0) is 35.6 Å². The molecular weight excluding hydrogens is 438 g/mol. The van der Waals surface area contributed by atoms with Gasteiger partial charge in [0.2, 0.25) is 5.91 Å². The number of nitrogens with zero attached hydrogens (tertiary/aromatic N) is 2. The first-order chi connectivity index (χ1) is 16.3. The van der Waals surface area contributed by atoms with Gasteiger partial charge in [0.15, 0.2) is 0 Å². The summed E-state index contributed by atoms with van der Waals surface area (Å²) in [5.74, 6) is 0.0643. The summed E-state index contributed by atoms with van der Waals surface area (Å²) < 4.78 is 5.20. The van der Waals surface area contributed by atoms with Crippen molar-refractivity contribution in [2.45, 2.75) is 38.3 Å². The first kappa shape index (κ1) is 21.9. The predicted octanol–water partition coefficient (Wildman–Crippen LogP) is 1.39. The molecule has 2 atom stereocenters. The molecule has 3 N–H and O–H groups in total. The molecule has 0 spiro atoms. The minimum absolute atomic E-state index is 0.144. The maximum atomic E-state index is 13.0. The van der Waals surface area contributed by atoms with Gasteiger partial charge in [-0.15, -0.1) is 0 Å². The number of aliphatic imine (C=N–C) groups is 1. The maximum absolute atomic E-state index is 13.0. The molecule has 1 saturated heterocycles. The van der Waals surface area contributed by atoms with Crippen LogP contribution in [0.2, 0.25) is 0 Å². The third kappa shape index (κ3) is 3.85. The number of urea groups is 1. The van der Waals surface area contributed by atoms with Crippen molar-refractivity contribution in [3.05, 3.63) is 52.7 Å². The summed E-state index contributed by atoms with van der Waals surface area (Å²) in [5, 5.41) is 7.58. The average Bonchev–Trinajstić information content (AvgIpc) is 3.40. The summed E-state index contributed by atoms with van der Waals surface area (Å²) >= 11 is 0. The van der Waals surface area contributed by atoms with Crippen molar-refractivity contribution in [2.75, 3.05) is 13.7 Å². The number of amidine groups is 1. The Hall–Kier alpha value is -3.95. The predicted molar refractivity (Wildman–Crippen MR) is 122 cm³/mol. The van der Waals surface area contributed by atoms with Gasteiger partial charge in [-0.25, -0.2) is 9.79 Å². The van der Waals surface area contributed by atoms with Crippen molar-refractivity contribution in [1.82, 2.24) is 20.9 Å². The number of nitrogens with one attached hydrogen (secondary N) is 3. The van der Waals surface area contributed by atoms with E-state index >= 15 is 0 Å². The van der Waals surface area contributed by atoms with E-state index in [0.29, 0.717) is 29.5 Å². The summed E-state index contributed by atoms with van der Waals surface area (Å²) in [5.41, 5.74) is 1.72. The van der Waals surface area contributed by atoms with E-state index in [1.807, 2.05) is 6.08 Å². The number of benzene rings is 1. The number of allylic oxidation sites excluding steroid dienone is 3. The molecule has 1 fully saturated rings. The van der Waals surface area contributed by atoms with E-state index in [9.17, 15) is 19.2 Å². The lowest BCUT2D eigenvalue weighted by Crippen LogP contribution is -2.57. The van der Waals surface area contributed by atoms with Crippen LogP contribution in [0.5, 0.6) is 5.75 Å². The number of ether oxygens (including phenoxy) is 1. The SMILES string of the molecule is COc1ccc2c(c1)C(=O)N(CC1(CC(=O)NC3=NC4=C(C=CC(C)C4)C3)NC(=O)NC1=O)C2. The lowest BCUT2D eigenvalue weighted by Gasteiger charge is -2.30. The van der Waals surface area contributed by atoms with Crippen LogP contribution in [-0.4, -0.2) is 53.7 Å². The molecule has 3 heterocycles. The van der Waals surface area contributed by atoms with Crippen molar-refractivity contribution < 1.29 is 23.9 Å². The Morgan fingerprint density at radius 3 is 2.88 bits per heavy atom. The van der Waals surface area contributed by atoms with Gasteiger partial charge in [0.25, 0.3) is 11.8 Å². The minimum Gasteiger partial charge on any atom is -0.497 e. The number of carbonyl (C=O) groups excluding carboxylic acids is 4. The summed E-state index contributed by atoms with van der Waals surface area (Å²) in [6.07, 6.45) is 5.15. The van der Waals surface area contributed by atoms with Crippen LogP contribution in [-0.2, 0) is 16.1 Å². The van der Waals surface area contributed by atoms with Gasteiger partial charge in [-0.2, -0.15) is 0 Å². The Kier molecular flexibility index (Phi) is 5.22. The molecule has 2 unspecified atom stereocenters. The number of methoxy groups -OCH3 is 1. The number of rotatable bonds is 5. The van der Waals surface area contributed by atoms with Crippen LogP contribution in [0.1, 0.15) is 42.1 Å². The number of imide groups is 1. The molecule has 0 aromatic heterocycles. The normalized spacial score (nSPS) is 25.1. The minimum atomic E-state index is -1.58. The van der Waals surface area contributed by atoms with E-state index in [-0.39, 0.29) is 25.4 Å². The van der Waals surface area contributed by atoms with Crippen LogP contribution < -0.4 is 20.7 Å². The summed E-state index contributed by atoms with van der Waals surface area (Å²) in [6, 6.07) is 4.50. The first-order valence-corrected chi connectivity index (χ1v) is 11.1. The largest absolute Gasteiger partial charge is 0.497 e. The molecule has 34 heavy (non-hydrogen) atoms. The summed E-state index contributed by atoms with van der Waals surface area (Å²) in [7, 11) is 1.52. The Balaban J connectivity index is 1.31. The zero-order valence-corrected chi connectivity index (χ0v) is 18.9. The highest BCUT2D eigenvalue weighted by Gasteiger charge is 2.50. The molecule has 4 aliphatic rings. The van der Waals surface area contributed by atoms with Crippen LogP contribution >= 0.6 is 0 Å². The first-order valence-electron chi connectivity index (χ1n) is 11.1. The molecule has 5 rings (SSSR count). The van der Waals surface area contributed by atoms with E-state index in [4.69, 9.17) is 4.74 Å². The smallest absolute Gasteiger partial charge is 0.322 e. The zero-order valence-electron chi connectivity index (χ0n) is 18.9. The van der Waals surface area contributed by atoms with E-state index < -0.39 is 23.4 Å². The molecule has 1 aromatic rings. The summed E-state index contributed by atoms with van der Waals surface area (Å²) in [6.45, 7) is 2.22. The molecule has 1 aliphatic carbocycles. The molecule has 0 saturated carbocycles. The topological polar surface area (TPSA) is 129 Å². The fraction of sp³-hybridized carbons (Fsp3) is 0.375. The Morgan fingerprint density at radius 1 is 1.32 bits per heavy atom. The van der Waals surface area contributed by atoms with Crippen LogP contribution in [0.15, 0.2) is 46.6 Å². The Morgan fingerprint density at radius 2 is 2.15 bits per heavy atom. The van der Waals surface area contributed by atoms with Gasteiger partial charge in [-0.3, -0.25) is 19.7 Å². The fourth-order valence-corrected chi connectivity index (χ4v) is 4.83.